The van der Waals surface area contributed by atoms with E-state index in [2.05, 4.69) is 9.97 Å². The van der Waals surface area contributed by atoms with Gasteiger partial charge in [-0.1, -0.05) is 0 Å². The van der Waals surface area contributed by atoms with Gasteiger partial charge in [-0.15, -0.1) is 0 Å². The fraction of sp³-hybridized carbons (Fsp3) is 0.478. The van der Waals surface area contributed by atoms with Gasteiger partial charge in [0, 0.05) is 63.8 Å². The predicted molar refractivity (Wildman–Crippen MR) is 110 cm³/mol. The minimum absolute atomic E-state index is 0.156. The zero-order valence-corrected chi connectivity index (χ0v) is 16.8. The molecular weight excluding hydrogens is 364 g/mol. The fourth-order valence-corrected chi connectivity index (χ4v) is 4.55. The van der Waals surface area contributed by atoms with Crippen molar-refractivity contribution in [1.82, 2.24) is 19.8 Å². The minimum atomic E-state index is 0.156. The molecule has 0 N–H and O–H groups in total. The van der Waals surface area contributed by atoms with E-state index in [1.54, 1.807) is 24.8 Å². The summed E-state index contributed by atoms with van der Waals surface area (Å²) in [4.78, 5) is 37.2. The van der Waals surface area contributed by atoms with Crippen molar-refractivity contribution in [3.63, 3.8) is 0 Å². The number of hydrogen-bond acceptors (Lipinski definition) is 4. The van der Waals surface area contributed by atoms with E-state index in [1.165, 1.54) is 0 Å². The van der Waals surface area contributed by atoms with Gasteiger partial charge in [0.25, 0.3) is 0 Å². The second kappa shape index (κ2) is 8.72. The molecule has 0 radical (unpaired) electrons. The standard InChI is InChI=1S/C23H28N4O2/c28-21(2-1-19-4-11-24-12-5-19)26-15-9-23(10-16-26)8-3-22(29)27(18-23)17-20-6-13-25-14-7-20/h4-7,11-14H,1-3,8-10,15-18H2. The maximum atomic E-state index is 12.6. The number of carbonyl (C=O) groups is 2. The van der Waals surface area contributed by atoms with Crippen LogP contribution in [-0.2, 0) is 22.6 Å². The minimum Gasteiger partial charge on any atom is -0.343 e. The van der Waals surface area contributed by atoms with Crippen molar-refractivity contribution < 1.29 is 9.59 Å². The summed E-state index contributed by atoms with van der Waals surface area (Å²) in [7, 11) is 0. The molecule has 2 aromatic heterocycles. The second-order valence-corrected chi connectivity index (χ2v) is 8.34. The van der Waals surface area contributed by atoms with Gasteiger partial charge in [0.05, 0.1) is 0 Å². The molecule has 2 amide bonds. The van der Waals surface area contributed by atoms with Crippen molar-refractivity contribution in [2.45, 2.75) is 45.1 Å². The van der Waals surface area contributed by atoms with Crippen LogP contribution in [0.15, 0.2) is 49.1 Å². The van der Waals surface area contributed by atoms with Gasteiger partial charge in [-0.05, 0) is 66.5 Å². The third-order valence-corrected chi connectivity index (χ3v) is 6.42. The van der Waals surface area contributed by atoms with Crippen LogP contribution in [0.1, 0.15) is 43.2 Å². The van der Waals surface area contributed by atoms with E-state index in [4.69, 9.17) is 0 Å². The summed E-state index contributed by atoms with van der Waals surface area (Å²) in [5.41, 5.74) is 2.43. The van der Waals surface area contributed by atoms with Crippen LogP contribution < -0.4 is 0 Å². The quantitative estimate of drug-likeness (QED) is 0.785. The first-order chi connectivity index (χ1) is 14.1. The van der Waals surface area contributed by atoms with Crippen molar-refractivity contribution in [2.24, 2.45) is 5.41 Å². The first-order valence-corrected chi connectivity index (χ1v) is 10.5. The zero-order valence-electron chi connectivity index (χ0n) is 16.8. The Morgan fingerprint density at radius 3 is 2.21 bits per heavy atom. The van der Waals surface area contributed by atoms with E-state index in [-0.39, 0.29) is 17.2 Å². The molecule has 2 aromatic rings. The maximum absolute atomic E-state index is 12.6. The largest absolute Gasteiger partial charge is 0.343 e. The van der Waals surface area contributed by atoms with E-state index in [9.17, 15) is 9.59 Å². The Morgan fingerprint density at radius 1 is 0.931 bits per heavy atom. The predicted octanol–water partition coefficient (Wildman–Crippen LogP) is 2.84. The van der Waals surface area contributed by atoms with Crippen molar-refractivity contribution >= 4 is 11.8 Å². The molecule has 0 saturated carbocycles. The molecule has 2 aliphatic rings. The van der Waals surface area contributed by atoms with Gasteiger partial charge in [-0.25, -0.2) is 0 Å². The van der Waals surface area contributed by atoms with Crippen LogP contribution >= 0.6 is 0 Å². The number of pyridine rings is 2. The molecule has 2 saturated heterocycles. The molecular formula is C23H28N4O2. The van der Waals surface area contributed by atoms with Gasteiger partial charge in [-0.2, -0.15) is 0 Å². The molecule has 29 heavy (non-hydrogen) atoms. The van der Waals surface area contributed by atoms with Gasteiger partial charge < -0.3 is 9.80 Å². The third-order valence-electron chi connectivity index (χ3n) is 6.42. The van der Waals surface area contributed by atoms with Crippen molar-refractivity contribution in [1.29, 1.82) is 0 Å². The van der Waals surface area contributed by atoms with Crippen molar-refractivity contribution in [3.05, 3.63) is 60.2 Å². The first-order valence-electron chi connectivity index (χ1n) is 10.5. The lowest BCUT2D eigenvalue weighted by atomic mass is 9.72. The summed E-state index contributed by atoms with van der Waals surface area (Å²) in [5, 5.41) is 0. The van der Waals surface area contributed by atoms with E-state index >= 15 is 0 Å². The normalized spacial score (nSPS) is 18.8. The van der Waals surface area contributed by atoms with E-state index in [0.29, 0.717) is 19.4 Å². The summed E-state index contributed by atoms with van der Waals surface area (Å²) in [6.45, 7) is 3.05. The van der Waals surface area contributed by atoms with Crippen LogP contribution in [0.4, 0.5) is 0 Å². The Kier molecular flexibility index (Phi) is 5.88. The molecule has 1 spiro atoms. The van der Waals surface area contributed by atoms with Gasteiger partial charge in [0.15, 0.2) is 0 Å². The highest BCUT2D eigenvalue weighted by Gasteiger charge is 2.41. The Bertz CT molecular complexity index is 832. The molecule has 4 heterocycles. The summed E-state index contributed by atoms with van der Waals surface area (Å²) in [5.74, 6) is 0.473. The molecule has 2 aliphatic heterocycles. The van der Waals surface area contributed by atoms with Gasteiger partial charge in [0.2, 0.25) is 11.8 Å². The van der Waals surface area contributed by atoms with Gasteiger partial charge in [0.1, 0.15) is 0 Å². The second-order valence-electron chi connectivity index (χ2n) is 8.34. The number of aromatic nitrogens is 2. The smallest absolute Gasteiger partial charge is 0.222 e. The fourth-order valence-electron chi connectivity index (χ4n) is 4.55. The monoisotopic (exact) mass is 392 g/mol. The molecule has 0 aromatic carbocycles. The number of carbonyl (C=O) groups excluding carboxylic acids is 2. The summed E-state index contributed by atoms with van der Waals surface area (Å²) < 4.78 is 0. The Balaban J connectivity index is 1.30. The van der Waals surface area contributed by atoms with E-state index in [1.807, 2.05) is 34.1 Å². The molecule has 0 unspecified atom stereocenters. The average molecular weight is 393 g/mol. The molecule has 6 nitrogen and oxygen atoms in total. The van der Waals surface area contributed by atoms with Crippen molar-refractivity contribution in [3.8, 4) is 0 Å². The number of hydrogen-bond donors (Lipinski definition) is 0. The summed E-state index contributed by atoms with van der Waals surface area (Å²) >= 11 is 0. The first kappa shape index (κ1) is 19.6. The Labute approximate surface area is 172 Å². The maximum Gasteiger partial charge on any atom is 0.222 e. The molecule has 0 atom stereocenters. The number of aryl methyl sites for hydroxylation is 1. The molecule has 0 aliphatic carbocycles. The molecule has 0 bridgehead atoms. The number of rotatable bonds is 5. The molecule has 2 fully saturated rings. The highest BCUT2D eigenvalue weighted by atomic mass is 16.2. The van der Waals surface area contributed by atoms with Crippen LogP contribution in [0.25, 0.3) is 0 Å². The van der Waals surface area contributed by atoms with Crippen LogP contribution in [0.2, 0.25) is 0 Å². The lowest BCUT2D eigenvalue weighted by molar-refractivity contribution is -0.143. The van der Waals surface area contributed by atoms with Gasteiger partial charge in [-0.3, -0.25) is 19.6 Å². The van der Waals surface area contributed by atoms with E-state index < -0.39 is 0 Å². The number of amides is 2. The van der Waals surface area contributed by atoms with Crippen LogP contribution in [0.3, 0.4) is 0 Å². The SMILES string of the molecule is O=C(CCc1ccncc1)N1CCC2(CCC(=O)N(Cc3ccncc3)C2)CC1. The Morgan fingerprint density at radius 2 is 1.55 bits per heavy atom. The number of likely N-dealkylation sites (tertiary alicyclic amines) is 2. The van der Waals surface area contributed by atoms with E-state index in [0.717, 1.165) is 56.4 Å². The number of piperidine rings is 2. The highest BCUT2D eigenvalue weighted by Crippen LogP contribution is 2.40. The van der Waals surface area contributed by atoms with Crippen LogP contribution in [0, 0.1) is 5.41 Å². The van der Waals surface area contributed by atoms with Crippen LogP contribution in [0.5, 0.6) is 0 Å². The highest BCUT2D eigenvalue weighted by molar-refractivity contribution is 5.78. The number of nitrogens with zero attached hydrogens (tertiary/aromatic N) is 4. The topological polar surface area (TPSA) is 66.4 Å². The Hall–Kier alpha value is -2.76. The summed E-state index contributed by atoms with van der Waals surface area (Å²) in [6.07, 6.45) is 11.9. The molecule has 152 valence electrons. The van der Waals surface area contributed by atoms with Crippen molar-refractivity contribution in [2.75, 3.05) is 19.6 Å². The van der Waals surface area contributed by atoms with Crippen LogP contribution in [-0.4, -0.2) is 51.2 Å². The summed E-state index contributed by atoms with van der Waals surface area (Å²) in [6, 6.07) is 7.88. The lowest BCUT2D eigenvalue weighted by Gasteiger charge is -2.47. The molecule has 4 rings (SSSR count). The molecule has 6 heteroatoms. The van der Waals surface area contributed by atoms with Gasteiger partial charge >= 0.3 is 0 Å². The third kappa shape index (κ3) is 4.81. The average Bonchev–Trinajstić information content (AvgIpc) is 2.77. The lowest BCUT2D eigenvalue weighted by Crippen LogP contribution is -2.52. The zero-order chi connectivity index (χ0) is 20.1.